The first-order chi connectivity index (χ1) is 14.1. The first-order valence-electron chi connectivity index (χ1n) is 10.9. The van der Waals surface area contributed by atoms with Gasteiger partial charge in [-0.05, 0) is 49.8 Å². The van der Waals surface area contributed by atoms with E-state index >= 15 is 0 Å². The number of aliphatic imine (C=N–C) groups is 1. The lowest BCUT2D eigenvalue weighted by Gasteiger charge is -2.39. The molecule has 1 fully saturated rings. The van der Waals surface area contributed by atoms with Crippen molar-refractivity contribution in [1.29, 1.82) is 0 Å². The summed E-state index contributed by atoms with van der Waals surface area (Å²) in [4.78, 5) is 13.7. The summed E-state index contributed by atoms with van der Waals surface area (Å²) < 4.78 is 2.25. The second kappa shape index (κ2) is 10.3. The molecule has 1 aliphatic rings. The van der Waals surface area contributed by atoms with E-state index in [-0.39, 0.29) is 0 Å². The van der Waals surface area contributed by atoms with Gasteiger partial charge in [-0.2, -0.15) is 0 Å². The Morgan fingerprint density at radius 1 is 1.28 bits per heavy atom. The van der Waals surface area contributed by atoms with Crippen LogP contribution in [0.3, 0.4) is 0 Å². The minimum Gasteiger partial charge on any atom is -0.378 e. The fourth-order valence-corrected chi connectivity index (χ4v) is 3.95. The summed E-state index contributed by atoms with van der Waals surface area (Å²) in [5, 5.41) is 3.50. The highest BCUT2D eigenvalue weighted by molar-refractivity contribution is 5.80. The molecule has 1 saturated heterocycles. The smallest absolute Gasteiger partial charge is 0.193 e. The zero-order valence-corrected chi connectivity index (χ0v) is 18.4. The van der Waals surface area contributed by atoms with E-state index in [1.165, 1.54) is 17.7 Å². The SMILES string of the molecule is CCNC(=NCCCc1ccc(N(C)C)cc1)N1CCC(C)C(n2ccnc2)C1. The van der Waals surface area contributed by atoms with Crippen molar-refractivity contribution >= 4 is 11.6 Å². The van der Waals surface area contributed by atoms with Gasteiger partial charge >= 0.3 is 0 Å². The van der Waals surface area contributed by atoms with Gasteiger partial charge in [0.2, 0.25) is 0 Å². The number of guanidine groups is 1. The predicted octanol–water partition coefficient (Wildman–Crippen LogP) is 3.43. The van der Waals surface area contributed by atoms with Gasteiger partial charge in [-0.15, -0.1) is 0 Å². The molecule has 2 heterocycles. The van der Waals surface area contributed by atoms with Crippen molar-refractivity contribution in [1.82, 2.24) is 19.8 Å². The molecule has 6 nitrogen and oxygen atoms in total. The Morgan fingerprint density at radius 3 is 2.72 bits per heavy atom. The van der Waals surface area contributed by atoms with Crippen LogP contribution >= 0.6 is 0 Å². The first kappa shape index (κ1) is 21.2. The summed E-state index contributed by atoms with van der Waals surface area (Å²) in [7, 11) is 4.15. The average molecular weight is 397 g/mol. The molecular formula is C23H36N6. The molecule has 1 aliphatic heterocycles. The van der Waals surface area contributed by atoms with Crippen LogP contribution in [0, 0.1) is 5.92 Å². The quantitative estimate of drug-likeness (QED) is 0.443. The minimum atomic E-state index is 0.449. The fraction of sp³-hybridized carbons (Fsp3) is 0.565. The van der Waals surface area contributed by atoms with Crippen molar-refractivity contribution in [2.24, 2.45) is 10.9 Å². The number of hydrogen-bond acceptors (Lipinski definition) is 3. The average Bonchev–Trinajstić information content (AvgIpc) is 3.26. The van der Waals surface area contributed by atoms with E-state index in [0.717, 1.165) is 45.0 Å². The van der Waals surface area contributed by atoms with Crippen LogP contribution in [-0.4, -0.2) is 60.7 Å². The number of hydrogen-bond donors (Lipinski definition) is 1. The molecule has 3 rings (SSSR count). The summed E-state index contributed by atoms with van der Waals surface area (Å²) in [5.74, 6) is 1.70. The fourth-order valence-electron chi connectivity index (χ4n) is 3.95. The minimum absolute atomic E-state index is 0.449. The maximum absolute atomic E-state index is 4.94. The van der Waals surface area contributed by atoms with Crippen molar-refractivity contribution in [2.45, 2.75) is 39.2 Å². The van der Waals surface area contributed by atoms with Crippen molar-refractivity contribution in [2.75, 3.05) is 45.2 Å². The highest BCUT2D eigenvalue weighted by Crippen LogP contribution is 2.27. The number of benzene rings is 1. The third-order valence-corrected chi connectivity index (χ3v) is 5.80. The maximum Gasteiger partial charge on any atom is 0.193 e. The van der Waals surface area contributed by atoms with Crippen LogP contribution in [0.1, 0.15) is 38.3 Å². The summed E-state index contributed by atoms with van der Waals surface area (Å²) in [6, 6.07) is 9.28. The topological polar surface area (TPSA) is 48.7 Å². The number of rotatable bonds is 7. The molecular weight excluding hydrogens is 360 g/mol. The van der Waals surface area contributed by atoms with Crippen molar-refractivity contribution < 1.29 is 0 Å². The van der Waals surface area contributed by atoms with E-state index in [0.29, 0.717) is 12.0 Å². The number of aryl methyl sites for hydroxylation is 1. The zero-order chi connectivity index (χ0) is 20.6. The molecule has 0 bridgehead atoms. The van der Waals surface area contributed by atoms with Crippen LogP contribution in [0.5, 0.6) is 0 Å². The zero-order valence-electron chi connectivity index (χ0n) is 18.4. The van der Waals surface area contributed by atoms with E-state index in [1.807, 2.05) is 12.5 Å². The molecule has 0 amide bonds. The van der Waals surface area contributed by atoms with Gasteiger partial charge in [0.25, 0.3) is 0 Å². The summed E-state index contributed by atoms with van der Waals surface area (Å²) in [6.07, 6.45) is 9.19. The Labute approximate surface area is 175 Å². The number of likely N-dealkylation sites (tertiary alicyclic amines) is 1. The molecule has 0 spiro atoms. The van der Waals surface area contributed by atoms with Crippen LogP contribution in [0.25, 0.3) is 0 Å². The van der Waals surface area contributed by atoms with E-state index in [4.69, 9.17) is 4.99 Å². The van der Waals surface area contributed by atoms with Crippen molar-refractivity contribution in [3.05, 3.63) is 48.5 Å². The molecule has 1 N–H and O–H groups in total. The van der Waals surface area contributed by atoms with Gasteiger partial charge in [-0.25, -0.2) is 4.98 Å². The molecule has 2 atom stereocenters. The number of nitrogens with one attached hydrogen (secondary N) is 1. The lowest BCUT2D eigenvalue weighted by molar-refractivity contribution is 0.189. The summed E-state index contributed by atoms with van der Waals surface area (Å²) in [6.45, 7) is 8.27. The third kappa shape index (κ3) is 5.75. The Balaban J connectivity index is 1.56. The van der Waals surface area contributed by atoms with Crippen LogP contribution in [0.2, 0.25) is 0 Å². The number of piperidine rings is 1. The van der Waals surface area contributed by atoms with E-state index < -0.39 is 0 Å². The van der Waals surface area contributed by atoms with Crippen LogP contribution < -0.4 is 10.2 Å². The first-order valence-corrected chi connectivity index (χ1v) is 10.9. The summed E-state index contributed by atoms with van der Waals surface area (Å²) in [5.41, 5.74) is 2.62. The standard InChI is InChI=1S/C23H36N6/c1-5-25-23(26-13-6-7-20-8-10-21(11-9-20)27(3)4)28-15-12-19(2)22(17-28)29-16-14-24-18-29/h8-11,14,16,18-19,22H,5-7,12-13,15,17H2,1-4H3,(H,25,26). The van der Waals surface area contributed by atoms with Gasteiger partial charge in [0.05, 0.1) is 12.4 Å². The monoisotopic (exact) mass is 396 g/mol. The molecule has 0 aliphatic carbocycles. The molecule has 0 radical (unpaired) electrons. The molecule has 1 aromatic carbocycles. The molecule has 29 heavy (non-hydrogen) atoms. The Morgan fingerprint density at radius 2 is 2.07 bits per heavy atom. The Kier molecular flexibility index (Phi) is 7.55. The number of imidazole rings is 1. The Hall–Kier alpha value is -2.50. The number of anilines is 1. The van der Waals surface area contributed by atoms with Gasteiger partial charge < -0.3 is 19.7 Å². The second-order valence-corrected chi connectivity index (χ2v) is 8.19. The van der Waals surface area contributed by atoms with Crippen molar-refractivity contribution in [3.63, 3.8) is 0 Å². The molecule has 0 saturated carbocycles. The lowest BCUT2D eigenvalue weighted by Crippen LogP contribution is -2.49. The van der Waals surface area contributed by atoms with Crippen LogP contribution in [0.4, 0.5) is 5.69 Å². The van der Waals surface area contributed by atoms with Gasteiger partial charge in [0.1, 0.15) is 0 Å². The third-order valence-electron chi connectivity index (χ3n) is 5.80. The molecule has 2 aromatic rings. The highest BCUT2D eigenvalue weighted by atomic mass is 15.3. The van der Waals surface area contributed by atoms with Crippen LogP contribution in [-0.2, 0) is 6.42 Å². The van der Waals surface area contributed by atoms with Crippen molar-refractivity contribution in [3.8, 4) is 0 Å². The predicted molar refractivity (Wildman–Crippen MR) is 122 cm³/mol. The van der Waals surface area contributed by atoms with E-state index in [2.05, 4.69) is 83.1 Å². The lowest BCUT2D eigenvalue weighted by atomic mass is 9.93. The summed E-state index contributed by atoms with van der Waals surface area (Å²) >= 11 is 0. The number of nitrogens with zero attached hydrogens (tertiary/aromatic N) is 5. The van der Waals surface area contributed by atoms with E-state index in [9.17, 15) is 0 Å². The van der Waals surface area contributed by atoms with Gasteiger partial charge in [0, 0.05) is 58.4 Å². The van der Waals surface area contributed by atoms with Gasteiger partial charge in [-0.3, -0.25) is 4.99 Å². The van der Waals surface area contributed by atoms with Gasteiger partial charge in [0.15, 0.2) is 5.96 Å². The van der Waals surface area contributed by atoms with Crippen LogP contribution in [0.15, 0.2) is 48.0 Å². The maximum atomic E-state index is 4.94. The number of aromatic nitrogens is 2. The Bertz CT molecular complexity index is 750. The molecule has 158 valence electrons. The normalized spacial score (nSPS) is 20.0. The van der Waals surface area contributed by atoms with Gasteiger partial charge in [-0.1, -0.05) is 19.1 Å². The second-order valence-electron chi connectivity index (χ2n) is 8.19. The highest BCUT2D eigenvalue weighted by Gasteiger charge is 2.28. The molecule has 2 unspecified atom stereocenters. The van der Waals surface area contributed by atoms with E-state index in [1.54, 1.807) is 0 Å². The largest absolute Gasteiger partial charge is 0.378 e. The molecule has 1 aromatic heterocycles. The molecule has 6 heteroatoms.